The van der Waals surface area contributed by atoms with Crippen LogP contribution in [-0.4, -0.2) is 18.0 Å². The highest BCUT2D eigenvalue weighted by molar-refractivity contribution is 7.16. The fourth-order valence-corrected chi connectivity index (χ4v) is 4.46. The van der Waals surface area contributed by atoms with E-state index in [1.54, 1.807) is 30.6 Å². The predicted octanol–water partition coefficient (Wildman–Crippen LogP) is 6.07. The van der Waals surface area contributed by atoms with E-state index in [1.165, 1.54) is 11.1 Å². The van der Waals surface area contributed by atoms with Gasteiger partial charge in [0.25, 0.3) is 5.91 Å². The maximum atomic E-state index is 12.7. The summed E-state index contributed by atoms with van der Waals surface area (Å²) < 4.78 is 10.6. The van der Waals surface area contributed by atoms with Crippen LogP contribution in [0.15, 0.2) is 71.3 Å². The summed E-state index contributed by atoms with van der Waals surface area (Å²) in [5.41, 5.74) is 2.93. The first-order valence-corrected chi connectivity index (χ1v) is 11.2. The Morgan fingerprint density at radius 1 is 1.16 bits per heavy atom. The first-order valence-electron chi connectivity index (χ1n) is 10.4. The Morgan fingerprint density at radius 3 is 2.62 bits per heavy atom. The fourth-order valence-electron chi connectivity index (χ4n) is 3.43. The number of ether oxygens (including phenoxy) is 1. The highest BCUT2D eigenvalue weighted by atomic mass is 32.1. The number of furan rings is 1. The standard InChI is InChI=1S/C25H25N3O3S/c1-4-19-15-20(25(32-19)28-24(29)21-8-6-14-31-21)23(17-10-12-18(30-3)13-11-17)27-22-9-5-7-16(2)26-22/h5-15,23H,4H2,1-3H3,(H,26,27)(H,28,29)/t23-/m1/s1. The first kappa shape index (κ1) is 21.6. The van der Waals surface area contributed by atoms with Gasteiger partial charge in [0.1, 0.15) is 16.6 Å². The number of thiophene rings is 1. The van der Waals surface area contributed by atoms with Crippen LogP contribution in [0.1, 0.15) is 45.2 Å². The molecule has 3 heterocycles. The van der Waals surface area contributed by atoms with E-state index in [1.807, 2.05) is 49.4 Å². The minimum absolute atomic E-state index is 0.223. The van der Waals surface area contributed by atoms with Gasteiger partial charge in [-0.25, -0.2) is 4.98 Å². The third-order valence-corrected chi connectivity index (χ3v) is 6.28. The zero-order chi connectivity index (χ0) is 22.5. The van der Waals surface area contributed by atoms with Gasteiger partial charge in [-0.2, -0.15) is 0 Å². The molecule has 0 radical (unpaired) electrons. The van der Waals surface area contributed by atoms with Crippen molar-refractivity contribution in [2.24, 2.45) is 0 Å². The van der Waals surface area contributed by atoms with Gasteiger partial charge >= 0.3 is 0 Å². The number of benzene rings is 1. The monoisotopic (exact) mass is 447 g/mol. The SMILES string of the molecule is CCc1cc([C@H](Nc2cccc(C)n2)c2ccc(OC)cc2)c(NC(=O)c2ccco2)s1. The molecule has 0 spiro atoms. The number of pyridine rings is 1. The van der Waals surface area contributed by atoms with Gasteiger partial charge < -0.3 is 19.8 Å². The summed E-state index contributed by atoms with van der Waals surface area (Å²) in [7, 11) is 1.65. The van der Waals surface area contributed by atoms with Crippen LogP contribution in [-0.2, 0) is 6.42 Å². The number of aryl methyl sites for hydroxylation is 2. The number of carbonyl (C=O) groups excluding carboxylic acids is 1. The Balaban J connectivity index is 1.75. The number of nitrogens with one attached hydrogen (secondary N) is 2. The van der Waals surface area contributed by atoms with E-state index in [0.717, 1.165) is 39.8 Å². The zero-order valence-corrected chi connectivity index (χ0v) is 19.0. The number of nitrogens with zero attached hydrogens (tertiary/aromatic N) is 1. The van der Waals surface area contributed by atoms with Gasteiger partial charge in [0, 0.05) is 16.1 Å². The van der Waals surface area contributed by atoms with E-state index >= 15 is 0 Å². The normalized spacial score (nSPS) is 11.7. The number of anilines is 2. The molecule has 164 valence electrons. The van der Waals surface area contributed by atoms with Crippen molar-refractivity contribution in [3.8, 4) is 5.75 Å². The van der Waals surface area contributed by atoms with Gasteiger partial charge in [-0.15, -0.1) is 11.3 Å². The van der Waals surface area contributed by atoms with Crippen molar-refractivity contribution in [3.05, 3.63) is 94.4 Å². The maximum absolute atomic E-state index is 12.7. The number of aromatic nitrogens is 1. The van der Waals surface area contributed by atoms with Crippen LogP contribution in [0.25, 0.3) is 0 Å². The van der Waals surface area contributed by atoms with Crippen LogP contribution < -0.4 is 15.4 Å². The molecule has 0 aliphatic heterocycles. The van der Waals surface area contributed by atoms with E-state index in [4.69, 9.17) is 9.15 Å². The van der Waals surface area contributed by atoms with Crippen LogP contribution in [0.5, 0.6) is 5.75 Å². The van der Waals surface area contributed by atoms with Gasteiger partial charge in [-0.3, -0.25) is 4.79 Å². The summed E-state index contributed by atoms with van der Waals surface area (Å²) in [6.45, 7) is 4.06. The number of hydrogen-bond acceptors (Lipinski definition) is 6. The molecule has 3 aromatic heterocycles. The smallest absolute Gasteiger partial charge is 0.291 e. The maximum Gasteiger partial charge on any atom is 0.291 e. The van der Waals surface area contributed by atoms with Crippen LogP contribution in [0.3, 0.4) is 0 Å². The van der Waals surface area contributed by atoms with Crippen LogP contribution in [0.2, 0.25) is 0 Å². The van der Waals surface area contributed by atoms with Crippen LogP contribution in [0.4, 0.5) is 10.8 Å². The number of methoxy groups -OCH3 is 1. The second-order valence-corrected chi connectivity index (χ2v) is 8.43. The molecule has 0 fully saturated rings. The summed E-state index contributed by atoms with van der Waals surface area (Å²) in [5, 5.41) is 7.38. The molecule has 0 saturated carbocycles. The van der Waals surface area contributed by atoms with Crippen LogP contribution >= 0.6 is 11.3 Å². The molecule has 1 atom stereocenters. The zero-order valence-electron chi connectivity index (χ0n) is 18.2. The van der Waals surface area contributed by atoms with Crippen molar-refractivity contribution in [2.75, 3.05) is 17.7 Å². The van der Waals surface area contributed by atoms with E-state index in [0.29, 0.717) is 0 Å². The summed E-state index contributed by atoms with van der Waals surface area (Å²) in [6.07, 6.45) is 2.36. The van der Waals surface area contributed by atoms with Gasteiger partial charge in [0.15, 0.2) is 5.76 Å². The van der Waals surface area contributed by atoms with E-state index in [-0.39, 0.29) is 17.7 Å². The summed E-state index contributed by atoms with van der Waals surface area (Å²) in [4.78, 5) is 18.5. The molecule has 1 amide bonds. The average Bonchev–Trinajstić information content (AvgIpc) is 3.48. The molecule has 0 aliphatic carbocycles. The van der Waals surface area contributed by atoms with Gasteiger partial charge in [0.2, 0.25) is 0 Å². The Morgan fingerprint density at radius 2 is 1.97 bits per heavy atom. The third kappa shape index (κ3) is 4.84. The second kappa shape index (κ2) is 9.70. The van der Waals surface area contributed by atoms with Crippen molar-refractivity contribution in [2.45, 2.75) is 26.3 Å². The topological polar surface area (TPSA) is 76.4 Å². The molecule has 4 rings (SSSR count). The number of carbonyl (C=O) groups is 1. The Labute approximate surface area is 191 Å². The number of amides is 1. The quantitative estimate of drug-likeness (QED) is 0.343. The molecule has 4 aromatic rings. The molecule has 0 aliphatic rings. The van der Waals surface area contributed by atoms with Gasteiger partial charge in [-0.05, 0) is 61.4 Å². The molecule has 0 bridgehead atoms. The first-order chi connectivity index (χ1) is 15.6. The van der Waals surface area contributed by atoms with Crippen molar-refractivity contribution in [1.29, 1.82) is 0 Å². The molecular weight excluding hydrogens is 422 g/mol. The van der Waals surface area contributed by atoms with Crippen molar-refractivity contribution < 1.29 is 13.9 Å². The molecule has 0 unspecified atom stereocenters. The van der Waals surface area contributed by atoms with E-state index in [9.17, 15) is 4.79 Å². The highest BCUT2D eigenvalue weighted by Crippen LogP contribution is 2.38. The minimum Gasteiger partial charge on any atom is -0.497 e. The lowest BCUT2D eigenvalue weighted by Gasteiger charge is -2.21. The molecule has 7 heteroatoms. The summed E-state index contributed by atoms with van der Waals surface area (Å²) in [6, 6.07) is 19.1. The lowest BCUT2D eigenvalue weighted by atomic mass is 9.99. The average molecular weight is 448 g/mol. The molecule has 0 saturated heterocycles. The van der Waals surface area contributed by atoms with Gasteiger partial charge in [-0.1, -0.05) is 25.1 Å². The lowest BCUT2D eigenvalue weighted by Crippen LogP contribution is -2.17. The predicted molar refractivity (Wildman–Crippen MR) is 128 cm³/mol. The second-order valence-electron chi connectivity index (χ2n) is 7.30. The molecule has 1 aromatic carbocycles. The Kier molecular flexibility index (Phi) is 6.56. The number of hydrogen-bond donors (Lipinski definition) is 2. The molecule has 32 heavy (non-hydrogen) atoms. The summed E-state index contributed by atoms with van der Waals surface area (Å²) in [5.74, 6) is 1.55. The van der Waals surface area contributed by atoms with Crippen molar-refractivity contribution >= 4 is 28.1 Å². The van der Waals surface area contributed by atoms with Crippen LogP contribution in [0, 0.1) is 6.92 Å². The molecular formula is C25H25N3O3S. The lowest BCUT2D eigenvalue weighted by molar-refractivity contribution is 0.0997. The van der Waals surface area contributed by atoms with Crippen molar-refractivity contribution in [3.63, 3.8) is 0 Å². The third-order valence-electron chi connectivity index (χ3n) is 5.07. The van der Waals surface area contributed by atoms with E-state index < -0.39 is 0 Å². The van der Waals surface area contributed by atoms with E-state index in [2.05, 4.69) is 28.6 Å². The molecule has 2 N–H and O–H groups in total. The number of rotatable bonds is 8. The molecule has 6 nitrogen and oxygen atoms in total. The minimum atomic E-state index is -0.275. The highest BCUT2D eigenvalue weighted by Gasteiger charge is 2.23. The largest absolute Gasteiger partial charge is 0.497 e. The van der Waals surface area contributed by atoms with Gasteiger partial charge in [0.05, 0.1) is 19.4 Å². The Hall–Kier alpha value is -3.58. The summed E-state index contributed by atoms with van der Waals surface area (Å²) >= 11 is 1.57. The Bertz CT molecular complexity index is 1180. The fraction of sp³-hybridized carbons (Fsp3) is 0.200. The van der Waals surface area contributed by atoms with Crippen molar-refractivity contribution in [1.82, 2.24) is 4.98 Å².